The van der Waals surface area contributed by atoms with Gasteiger partial charge in [-0.1, -0.05) is 111 Å². The van der Waals surface area contributed by atoms with Crippen LogP contribution in [0.1, 0.15) is 108 Å². The number of rotatable bonds is 24. The van der Waals surface area contributed by atoms with Crippen molar-refractivity contribution in [3.63, 3.8) is 0 Å². The maximum absolute atomic E-state index is 14.6. The van der Waals surface area contributed by atoms with Gasteiger partial charge in [-0.2, -0.15) is 0 Å². The molecule has 0 unspecified atom stereocenters. The van der Waals surface area contributed by atoms with Crippen LogP contribution in [0.2, 0.25) is 0 Å². The second-order valence-electron chi connectivity index (χ2n) is 20.9. The van der Waals surface area contributed by atoms with Crippen LogP contribution in [0, 0.1) is 17.3 Å². The summed E-state index contributed by atoms with van der Waals surface area (Å²) in [6.45, 7) is 22.1. The van der Waals surface area contributed by atoms with E-state index in [0.29, 0.717) is 0 Å². The van der Waals surface area contributed by atoms with E-state index in [9.17, 15) is 51.9 Å². The predicted octanol–water partition coefficient (Wildman–Crippen LogP) is 3.89. The average molecular weight is 1030 g/mol. The van der Waals surface area contributed by atoms with Crippen LogP contribution in [-0.4, -0.2) is 122 Å². The number of nitrogens with zero attached hydrogens (tertiary/aromatic N) is 1. The largest absolute Gasteiger partial charge is 0.465 e. The highest BCUT2D eigenvalue weighted by atomic mass is 32.2. The van der Waals surface area contributed by atoms with Crippen LogP contribution >= 0.6 is 0 Å². The van der Waals surface area contributed by atoms with E-state index in [2.05, 4.69) is 31.9 Å². The van der Waals surface area contributed by atoms with Crippen LogP contribution in [0.15, 0.2) is 71.1 Å². The molecule has 21 nitrogen and oxygen atoms in total. The molecule has 72 heavy (non-hydrogen) atoms. The van der Waals surface area contributed by atoms with Gasteiger partial charge in [-0.25, -0.2) is 22.7 Å². The van der Waals surface area contributed by atoms with E-state index in [0.717, 1.165) is 11.6 Å². The number of sulfonamides is 1. The summed E-state index contributed by atoms with van der Waals surface area (Å²) in [5.74, 6) is -5.31. The Balaban J connectivity index is 2.45. The lowest BCUT2D eigenvalue weighted by Gasteiger charge is -2.40. The van der Waals surface area contributed by atoms with Crippen molar-refractivity contribution in [3.8, 4) is 0 Å². The molecule has 400 valence electrons. The Hall–Kier alpha value is -6.55. The summed E-state index contributed by atoms with van der Waals surface area (Å²) in [4.78, 5) is 106. The third-order valence-electron chi connectivity index (χ3n) is 11.5. The number of urea groups is 1. The van der Waals surface area contributed by atoms with Crippen molar-refractivity contribution in [2.45, 2.75) is 149 Å². The Kier molecular flexibility index (Phi) is 22.4. The van der Waals surface area contributed by atoms with Gasteiger partial charge in [0.2, 0.25) is 23.6 Å². The molecule has 0 bridgehead atoms. The lowest BCUT2D eigenvalue weighted by molar-refractivity contribution is -0.154. The number of likely N-dealkylation sites (N-methyl/N-ethyl adjacent to an activating group) is 1. The summed E-state index contributed by atoms with van der Waals surface area (Å²) in [5, 5.41) is 24.8. The Labute approximate surface area is 424 Å². The first-order valence-electron chi connectivity index (χ1n) is 23.7. The lowest BCUT2D eigenvalue weighted by Crippen LogP contribution is -2.62. The SMILES string of the molecule is C/C(=C\[C@H](C(C)C)N(C)C(=O)[C@@H](NC(=O)[C@@H](NCC(=O)OC(C)(C)C)C(C)(C)c1ccccc1)C(C)(C)C)C(=O)NS(=O)(=O)c1ccccc1NC(=O)[C@H](CCCNC(N)=O)NC(=O)[C@@H](NC(=O)O)C(C)C. The standard InChI is InChI=1S/C50H77N9O12S/c1-29(2)35(59(14)45(65)40(48(6,7)8)57-44(64)39(53-28-37(60)71-49(9,10)11)50(12,13)32-21-16-15-17-22-32)27-31(5)41(61)58-72(69,70)36-25-19-18-23-33(36)54-42(62)34(24-20-26-52-46(51)66)55-43(63)38(30(3)4)56-47(67)68/h15-19,21-23,25,27,29-30,34-35,38-40,53,56H,20,24,26,28H2,1-14H3,(H,54,62)(H,55,63)(H,57,64)(H,58,61)(H,67,68)(H3,51,52,66)/b31-27+/t34-,35+,38-,39+,40+/m0/s1. The zero-order valence-electron chi connectivity index (χ0n) is 44.0. The average Bonchev–Trinajstić information content (AvgIpc) is 3.25. The molecule has 0 saturated carbocycles. The molecule has 0 radical (unpaired) electrons. The van der Waals surface area contributed by atoms with E-state index in [1.807, 2.05) is 48.9 Å². The zero-order chi connectivity index (χ0) is 55.1. The molecule has 0 aromatic heterocycles. The molecule has 0 aliphatic carbocycles. The number of carbonyl (C=O) groups excluding carboxylic acids is 7. The minimum absolute atomic E-state index is 0.0136. The first-order valence-corrected chi connectivity index (χ1v) is 25.1. The fourth-order valence-corrected chi connectivity index (χ4v) is 8.76. The number of ether oxygens (including phenoxy) is 1. The Morgan fingerprint density at radius 1 is 0.778 bits per heavy atom. The van der Waals surface area contributed by atoms with Crippen molar-refractivity contribution in [2.75, 3.05) is 25.5 Å². The number of carbonyl (C=O) groups is 8. The summed E-state index contributed by atoms with van der Waals surface area (Å²) in [6, 6.07) is 8.00. The molecule has 0 aliphatic rings. The number of hydrogen-bond donors (Lipinski definition) is 9. The number of carboxylic acid groups (broad SMARTS) is 1. The van der Waals surface area contributed by atoms with Crippen molar-refractivity contribution in [3.05, 3.63) is 71.8 Å². The first kappa shape index (κ1) is 61.6. The summed E-state index contributed by atoms with van der Waals surface area (Å²) in [5.41, 5.74) is 3.03. The maximum atomic E-state index is 14.6. The molecule has 0 saturated heterocycles. The summed E-state index contributed by atoms with van der Waals surface area (Å²) in [6.07, 6.45) is -0.00957. The van der Waals surface area contributed by atoms with E-state index >= 15 is 0 Å². The van der Waals surface area contributed by atoms with Crippen LogP contribution < -0.4 is 42.4 Å². The lowest BCUT2D eigenvalue weighted by atomic mass is 9.76. The van der Waals surface area contributed by atoms with Crippen molar-refractivity contribution in [1.82, 2.24) is 36.2 Å². The number of hydrogen-bond acceptors (Lipinski definition) is 12. The summed E-state index contributed by atoms with van der Waals surface area (Å²) in [7, 11) is -3.23. The number of nitrogens with one attached hydrogen (secondary N) is 7. The quantitative estimate of drug-likeness (QED) is 0.0410. The van der Waals surface area contributed by atoms with E-state index in [-0.39, 0.29) is 43.1 Å². The van der Waals surface area contributed by atoms with Crippen LogP contribution in [0.3, 0.4) is 0 Å². The van der Waals surface area contributed by atoms with Crippen molar-refractivity contribution in [2.24, 2.45) is 23.0 Å². The maximum Gasteiger partial charge on any atom is 0.405 e. The van der Waals surface area contributed by atoms with Crippen molar-refractivity contribution >= 4 is 63.3 Å². The number of esters is 1. The van der Waals surface area contributed by atoms with E-state index < -0.39 is 115 Å². The van der Waals surface area contributed by atoms with Gasteiger partial charge in [0.25, 0.3) is 15.9 Å². The van der Waals surface area contributed by atoms with Crippen LogP contribution in [0.4, 0.5) is 15.3 Å². The van der Waals surface area contributed by atoms with Crippen molar-refractivity contribution < 1.29 is 56.6 Å². The highest BCUT2D eigenvalue weighted by Crippen LogP contribution is 2.30. The molecule has 0 fully saturated rings. The molecule has 2 aromatic carbocycles. The van der Waals surface area contributed by atoms with Gasteiger partial charge in [0.15, 0.2) is 0 Å². The van der Waals surface area contributed by atoms with Crippen LogP contribution in [0.25, 0.3) is 0 Å². The summed E-state index contributed by atoms with van der Waals surface area (Å²) < 4.78 is 35.4. The van der Waals surface area contributed by atoms with Gasteiger partial charge in [0.05, 0.1) is 24.3 Å². The Bertz CT molecular complexity index is 2390. The highest BCUT2D eigenvalue weighted by molar-refractivity contribution is 7.90. The number of para-hydroxylation sites is 1. The fourth-order valence-electron chi connectivity index (χ4n) is 7.58. The Morgan fingerprint density at radius 2 is 1.36 bits per heavy atom. The third-order valence-corrected chi connectivity index (χ3v) is 12.9. The van der Waals surface area contributed by atoms with Gasteiger partial charge in [-0.15, -0.1) is 0 Å². The third kappa shape index (κ3) is 18.9. The number of amides is 8. The second kappa shape index (κ2) is 26.2. The fraction of sp³-hybridized carbons (Fsp3) is 0.560. The minimum atomic E-state index is -4.74. The molecule has 0 spiro atoms. The summed E-state index contributed by atoms with van der Waals surface area (Å²) >= 11 is 0. The number of anilines is 1. The monoisotopic (exact) mass is 1030 g/mol. The van der Waals surface area contributed by atoms with Gasteiger partial charge in [-0.05, 0) is 75.5 Å². The van der Waals surface area contributed by atoms with Crippen LogP contribution in [0.5, 0.6) is 0 Å². The molecule has 10 N–H and O–H groups in total. The molecule has 2 rings (SSSR count). The van der Waals surface area contributed by atoms with Crippen LogP contribution in [-0.2, 0) is 48.9 Å². The molecular formula is C50H77N9O12S. The molecule has 22 heteroatoms. The van der Waals surface area contributed by atoms with E-state index in [1.165, 1.54) is 43.1 Å². The Morgan fingerprint density at radius 3 is 1.89 bits per heavy atom. The first-order chi connectivity index (χ1) is 33.1. The van der Waals surface area contributed by atoms with Gasteiger partial charge < -0.3 is 47.1 Å². The molecule has 5 atom stereocenters. The van der Waals surface area contributed by atoms with Gasteiger partial charge in [-0.3, -0.25) is 34.1 Å². The number of benzene rings is 2. The molecular weight excluding hydrogens is 951 g/mol. The van der Waals surface area contributed by atoms with Gasteiger partial charge in [0, 0.05) is 24.6 Å². The smallest absolute Gasteiger partial charge is 0.405 e. The van der Waals surface area contributed by atoms with Crippen molar-refractivity contribution in [1.29, 1.82) is 0 Å². The molecule has 0 aliphatic heterocycles. The topological polar surface area (TPSA) is 314 Å². The van der Waals surface area contributed by atoms with E-state index in [1.54, 1.807) is 69.2 Å². The molecule has 2 aromatic rings. The minimum Gasteiger partial charge on any atom is -0.465 e. The molecule has 0 heterocycles. The number of nitrogens with two attached hydrogens (primary N) is 1. The van der Waals surface area contributed by atoms with E-state index in [4.69, 9.17) is 10.5 Å². The predicted molar refractivity (Wildman–Crippen MR) is 273 cm³/mol. The van der Waals surface area contributed by atoms with Gasteiger partial charge >= 0.3 is 18.1 Å². The molecule has 8 amide bonds. The zero-order valence-corrected chi connectivity index (χ0v) is 44.8. The van der Waals surface area contributed by atoms with Gasteiger partial charge in [0.1, 0.15) is 28.6 Å². The number of primary amides is 1. The normalized spacial score (nSPS) is 14.4. The second-order valence-corrected chi connectivity index (χ2v) is 22.6. The highest BCUT2D eigenvalue weighted by Gasteiger charge is 2.43.